The molecule has 2 amide bonds. The van der Waals surface area contributed by atoms with Crippen LogP contribution in [0, 0.1) is 0 Å². The molecule has 0 spiro atoms. The highest BCUT2D eigenvalue weighted by Gasteiger charge is 2.23. The number of nitrogens with zero attached hydrogens (tertiary/aromatic N) is 1. The Morgan fingerprint density at radius 1 is 1.83 bits per heavy atom. The first-order chi connectivity index (χ1) is 5.63. The zero-order chi connectivity index (χ0) is 9.14. The Labute approximate surface area is 71.2 Å². The highest BCUT2D eigenvalue weighted by Crippen LogP contribution is 1.99. The molecule has 4 nitrogen and oxygen atoms in total. The molecule has 1 aliphatic heterocycles. The second-order valence-electron chi connectivity index (χ2n) is 2.89. The number of hydrogen-bond donors (Lipinski definition) is 1. The van der Waals surface area contributed by atoms with E-state index >= 15 is 0 Å². The van der Waals surface area contributed by atoms with Crippen LogP contribution in [-0.2, 0) is 9.59 Å². The van der Waals surface area contributed by atoms with E-state index in [1.807, 2.05) is 6.92 Å². The summed E-state index contributed by atoms with van der Waals surface area (Å²) in [7, 11) is 0. The van der Waals surface area contributed by atoms with Crippen molar-refractivity contribution < 1.29 is 9.59 Å². The average molecular weight is 168 g/mol. The molecular formula is C8H12N2O2. The molecule has 0 radical (unpaired) electrons. The molecular weight excluding hydrogens is 156 g/mol. The standard InChI is InChI=1S/C8H12N2O2/c1-3-8(12)10-4-6(2)9-7(11)5-10/h3,6H,1,4-5H2,2H3,(H,9,11). The second kappa shape index (κ2) is 3.38. The maximum atomic E-state index is 11.1. The Morgan fingerprint density at radius 2 is 2.50 bits per heavy atom. The summed E-state index contributed by atoms with van der Waals surface area (Å²) in [6, 6.07) is 0.0372. The zero-order valence-corrected chi connectivity index (χ0v) is 7.04. The van der Waals surface area contributed by atoms with Gasteiger partial charge < -0.3 is 10.2 Å². The smallest absolute Gasteiger partial charge is 0.246 e. The van der Waals surface area contributed by atoms with Gasteiger partial charge >= 0.3 is 0 Å². The van der Waals surface area contributed by atoms with Gasteiger partial charge in [-0.1, -0.05) is 6.58 Å². The van der Waals surface area contributed by atoms with Crippen LogP contribution in [0.3, 0.4) is 0 Å². The van der Waals surface area contributed by atoms with E-state index in [2.05, 4.69) is 11.9 Å². The SMILES string of the molecule is C=CC(=O)N1CC(=O)NC(C)C1. The maximum absolute atomic E-state index is 11.1. The monoisotopic (exact) mass is 168 g/mol. The van der Waals surface area contributed by atoms with E-state index < -0.39 is 0 Å². The van der Waals surface area contributed by atoms with Crippen LogP contribution in [0.4, 0.5) is 0 Å². The lowest BCUT2D eigenvalue weighted by Crippen LogP contribution is -2.54. The third-order valence-electron chi connectivity index (χ3n) is 1.72. The Balaban J connectivity index is 2.60. The summed E-state index contributed by atoms with van der Waals surface area (Å²) in [5.74, 6) is -0.291. The quantitative estimate of drug-likeness (QED) is 0.537. The molecule has 12 heavy (non-hydrogen) atoms. The summed E-state index contributed by atoms with van der Waals surface area (Å²) in [4.78, 5) is 23.5. The molecule has 0 aliphatic carbocycles. The minimum absolute atomic E-state index is 0.0372. The molecule has 0 saturated carbocycles. The summed E-state index contributed by atoms with van der Waals surface area (Å²) < 4.78 is 0. The van der Waals surface area contributed by atoms with Crippen molar-refractivity contribution in [2.24, 2.45) is 0 Å². The van der Waals surface area contributed by atoms with Gasteiger partial charge in [-0.05, 0) is 13.0 Å². The van der Waals surface area contributed by atoms with Gasteiger partial charge in [-0.2, -0.15) is 0 Å². The lowest BCUT2D eigenvalue weighted by atomic mass is 10.2. The van der Waals surface area contributed by atoms with Crippen LogP contribution in [0.5, 0.6) is 0 Å². The first kappa shape index (κ1) is 8.77. The lowest BCUT2D eigenvalue weighted by molar-refractivity contribution is -0.135. The van der Waals surface area contributed by atoms with Gasteiger partial charge in [-0.25, -0.2) is 0 Å². The van der Waals surface area contributed by atoms with Crippen LogP contribution in [0.15, 0.2) is 12.7 Å². The van der Waals surface area contributed by atoms with Crippen LogP contribution < -0.4 is 5.32 Å². The second-order valence-corrected chi connectivity index (χ2v) is 2.89. The minimum atomic E-state index is -0.184. The molecule has 0 aromatic heterocycles. The fourth-order valence-electron chi connectivity index (χ4n) is 1.23. The summed E-state index contributed by atoms with van der Waals surface area (Å²) in [5.41, 5.74) is 0. The summed E-state index contributed by atoms with van der Waals surface area (Å²) in [6.45, 7) is 5.94. The zero-order valence-electron chi connectivity index (χ0n) is 7.04. The normalized spacial score (nSPS) is 23.2. The fourth-order valence-corrected chi connectivity index (χ4v) is 1.23. The molecule has 1 atom stereocenters. The Hall–Kier alpha value is -1.32. The first-order valence-electron chi connectivity index (χ1n) is 3.84. The van der Waals surface area contributed by atoms with Crippen molar-refractivity contribution in [1.29, 1.82) is 0 Å². The van der Waals surface area contributed by atoms with Crippen LogP contribution in [0.25, 0.3) is 0 Å². The van der Waals surface area contributed by atoms with E-state index in [4.69, 9.17) is 0 Å². The van der Waals surface area contributed by atoms with Crippen molar-refractivity contribution in [3.05, 3.63) is 12.7 Å². The summed E-state index contributed by atoms with van der Waals surface area (Å²) in [6.07, 6.45) is 1.23. The lowest BCUT2D eigenvalue weighted by Gasteiger charge is -2.30. The average Bonchev–Trinajstić information content (AvgIpc) is 2.01. The highest BCUT2D eigenvalue weighted by molar-refractivity contribution is 5.91. The van der Waals surface area contributed by atoms with E-state index in [9.17, 15) is 9.59 Å². The van der Waals surface area contributed by atoms with E-state index in [1.165, 1.54) is 11.0 Å². The van der Waals surface area contributed by atoms with Gasteiger partial charge in [0.15, 0.2) is 0 Å². The fraction of sp³-hybridized carbons (Fsp3) is 0.500. The number of piperazine rings is 1. The molecule has 1 aliphatic rings. The molecule has 1 unspecified atom stereocenters. The van der Waals surface area contributed by atoms with E-state index in [0.29, 0.717) is 6.54 Å². The molecule has 1 rings (SSSR count). The molecule has 1 heterocycles. The number of rotatable bonds is 1. The predicted octanol–water partition coefficient (Wildman–Crippen LogP) is -0.481. The van der Waals surface area contributed by atoms with Gasteiger partial charge in [-0.15, -0.1) is 0 Å². The largest absolute Gasteiger partial charge is 0.350 e. The predicted molar refractivity (Wildman–Crippen MR) is 44.4 cm³/mol. The van der Waals surface area contributed by atoms with E-state index in [1.54, 1.807) is 0 Å². The third kappa shape index (κ3) is 1.84. The molecule has 66 valence electrons. The number of nitrogens with one attached hydrogen (secondary N) is 1. The molecule has 1 saturated heterocycles. The van der Waals surface area contributed by atoms with Crippen molar-refractivity contribution >= 4 is 11.8 Å². The molecule has 1 N–H and O–H groups in total. The van der Waals surface area contributed by atoms with Gasteiger partial charge in [0.05, 0.1) is 6.54 Å². The van der Waals surface area contributed by atoms with Crippen molar-refractivity contribution in [2.75, 3.05) is 13.1 Å². The molecule has 4 heteroatoms. The Bertz CT molecular complexity index is 225. The van der Waals surface area contributed by atoms with Gasteiger partial charge in [0, 0.05) is 12.6 Å². The van der Waals surface area contributed by atoms with Crippen LogP contribution in [0.2, 0.25) is 0 Å². The van der Waals surface area contributed by atoms with E-state index in [0.717, 1.165) is 0 Å². The first-order valence-corrected chi connectivity index (χ1v) is 3.84. The molecule has 1 fully saturated rings. The van der Waals surface area contributed by atoms with Gasteiger partial charge in [0.25, 0.3) is 0 Å². The van der Waals surface area contributed by atoms with Crippen molar-refractivity contribution in [3.8, 4) is 0 Å². The topological polar surface area (TPSA) is 49.4 Å². The van der Waals surface area contributed by atoms with Crippen LogP contribution >= 0.6 is 0 Å². The van der Waals surface area contributed by atoms with Crippen LogP contribution in [-0.4, -0.2) is 35.8 Å². The highest BCUT2D eigenvalue weighted by atomic mass is 16.2. The molecule has 0 bridgehead atoms. The van der Waals surface area contributed by atoms with Crippen molar-refractivity contribution in [3.63, 3.8) is 0 Å². The third-order valence-corrected chi connectivity index (χ3v) is 1.72. The van der Waals surface area contributed by atoms with Crippen molar-refractivity contribution in [2.45, 2.75) is 13.0 Å². The number of hydrogen-bond acceptors (Lipinski definition) is 2. The van der Waals surface area contributed by atoms with E-state index in [-0.39, 0.29) is 24.4 Å². The number of carbonyl (C=O) groups is 2. The van der Waals surface area contributed by atoms with Gasteiger partial charge in [-0.3, -0.25) is 9.59 Å². The summed E-state index contributed by atoms with van der Waals surface area (Å²) in [5, 5.41) is 2.72. The number of carbonyl (C=O) groups excluding carboxylic acids is 2. The van der Waals surface area contributed by atoms with Gasteiger partial charge in [0.1, 0.15) is 0 Å². The Kier molecular flexibility index (Phi) is 2.47. The minimum Gasteiger partial charge on any atom is -0.350 e. The van der Waals surface area contributed by atoms with Crippen LogP contribution in [0.1, 0.15) is 6.92 Å². The number of amides is 2. The van der Waals surface area contributed by atoms with Crippen molar-refractivity contribution in [1.82, 2.24) is 10.2 Å². The maximum Gasteiger partial charge on any atom is 0.246 e. The Morgan fingerprint density at radius 3 is 3.00 bits per heavy atom. The van der Waals surface area contributed by atoms with Gasteiger partial charge in [0.2, 0.25) is 11.8 Å². The summed E-state index contributed by atoms with van der Waals surface area (Å²) >= 11 is 0. The molecule has 0 aromatic carbocycles. The molecule has 0 aromatic rings.